The number of ether oxygens (including phenoxy) is 2. The number of hydrogen-bond acceptors (Lipinski definition) is 4. The van der Waals surface area contributed by atoms with Crippen molar-refractivity contribution in [2.45, 2.75) is 11.2 Å². The molecule has 1 N–H and O–H groups in total. The predicted molar refractivity (Wildman–Crippen MR) is 51.4 cm³/mol. The summed E-state index contributed by atoms with van der Waals surface area (Å²) in [4.78, 5) is 11.0. The molecule has 0 saturated carbocycles. The van der Waals surface area contributed by atoms with Gasteiger partial charge in [0.15, 0.2) is 11.5 Å². The van der Waals surface area contributed by atoms with Crippen LogP contribution in [0.15, 0.2) is 17.0 Å². The van der Waals surface area contributed by atoms with Crippen LogP contribution in [0.4, 0.5) is 8.78 Å². The Morgan fingerprint density at radius 3 is 2.69 bits per heavy atom. The molecule has 1 aliphatic rings. The molecule has 2 rings (SSSR count). The van der Waals surface area contributed by atoms with E-state index in [1.54, 1.807) is 6.26 Å². The molecule has 0 atom stereocenters. The Labute approximate surface area is 93.2 Å². The number of fused-ring (bicyclic) bond motifs is 1. The second kappa shape index (κ2) is 3.51. The van der Waals surface area contributed by atoms with E-state index >= 15 is 0 Å². The third-order valence-electron chi connectivity index (χ3n) is 1.96. The molecule has 1 aliphatic heterocycles. The molecule has 86 valence electrons. The molecule has 0 unspecified atom stereocenters. The average Bonchev–Trinajstić information content (AvgIpc) is 2.49. The fourth-order valence-electron chi connectivity index (χ4n) is 1.36. The van der Waals surface area contributed by atoms with Crippen molar-refractivity contribution in [3.05, 3.63) is 17.7 Å². The number of aromatic carboxylic acids is 1. The highest BCUT2D eigenvalue weighted by Gasteiger charge is 2.45. The minimum absolute atomic E-state index is 0.0902. The lowest BCUT2D eigenvalue weighted by Gasteiger charge is -2.07. The normalized spacial score (nSPS) is 16.2. The average molecular weight is 248 g/mol. The first-order valence-corrected chi connectivity index (χ1v) is 5.37. The summed E-state index contributed by atoms with van der Waals surface area (Å²) >= 11 is 1.01. The highest BCUT2D eigenvalue weighted by Crippen LogP contribution is 2.47. The Balaban J connectivity index is 2.56. The standard InChI is InChI=1S/C9H6F2O4S/c1-16-7-4(8(12)13)2-3-5-6(7)15-9(10,11)14-5/h2-3H,1H3,(H,12,13). The van der Waals surface area contributed by atoms with E-state index < -0.39 is 12.3 Å². The number of benzene rings is 1. The van der Waals surface area contributed by atoms with Gasteiger partial charge in [0.1, 0.15) is 0 Å². The monoisotopic (exact) mass is 248 g/mol. The molecular formula is C9H6F2O4S. The van der Waals surface area contributed by atoms with Crippen molar-refractivity contribution in [1.29, 1.82) is 0 Å². The van der Waals surface area contributed by atoms with Crippen LogP contribution < -0.4 is 9.47 Å². The Morgan fingerprint density at radius 2 is 2.12 bits per heavy atom. The largest absolute Gasteiger partial charge is 0.586 e. The molecule has 1 aromatic rings. The van der Waals surface area contributed by atoms with Crippen LogP contribution in [0, 0.1) is 0 Å². The third kappa shape index (κ3) is 1.67. The number of alkyl halides is 2. The molecule has 0 radical (unpaired) electrons. The number of halogens is 2. The molecule has 0 aromatic heterocycles. The molecule has 1 heterocycles. The predicted octanol–water partition coefficient (Wildman–Crippen LogP) is 2.43. The van der Waals surface area contributed by atoms with E-state index in [0.29, 0.717) is 0 Å². The van der Waals surface area contributed by atoms with Crippen molar-refractivity contribution in [3.63, 3.8) is 0 Å². The quantitative estimate of drug-likeness (QED) is 0.814. The summed E-state index contributed by atoms with van der Waals surface area (Å²) in [6, 6.07) is 2.36. The maximum atomic E-state index is 12.8. The van der Waals surface area contributed by atoms with Crippen LogP contribution in [0.3, 0.4) is 0 Å². The Bertz CT molecular complexity index is 461. The van der Waals surface area contributed by atoms with Crippen molar-refractivity contribution in [1.82, 2.24) is 0 Å². The lowest BCUT2D eigenvalue weighted by atomic mass is 10.2. The van der Waals surface area contributed by atoms with Gasteiger partial charge in [-0.2, -0.15) is 0 Å². The van der Waals surface area contributed by atoms with E-state index in [-0.39, 0.29) is 22.0 Å². The molecule has 1 aromatic carbocycles. The number of rotatable bonds is 2. The zero-order chi connectivity index (χ0) is 11.9. The first kappa shape index (κ1) is 11.0. The van der Waals surface area contributed by atoms with E-state index in [2.05, 4.69) is 9.47 Å². The van der Waals surface area contributed by atoms with Crippen LogP contribution in [0.2, 0.25) is 0 Å². The minimum atomic E-state index is -3.73. The molecule has 0 saturated heterocycles. The van der Waals surface area contributed by atoms with Gasteiger partial charge in [0.25, 0.3) is 0 Å². The van der Waals surface area contributed by atoms with Crippen molar-refractivity contribution in [2.75, 3.05) is 6.26 Å². The van der Waals surface area contributed by atoms with Gasteiger partial charge in [0.2, 0.25) is 0 Å². The van der Waals surface area contributed by atoms with E-state index in [1.165, 1.54) is 6.07 Å². The number of hydrogen-bond donors (Lipinski definition) is 1. The van der Waals surface area contributed by atoms with E-state index in [0.717, 1.165) is 17.8 Å². The van der Waals surface area contributed by atoms with Crippen LogP contribution in [0.1, 0.15) is 10.4 Å². The van der Waals surface area contributed by atoms with Gasteiger partial charge in [0.05, 0.1) is 10.5 Å². The van der Waals surface area contributed by atoms with Crippen LogP contribution in [0.5, 0.6) is 11.5 Å². The van der Waals surface area contributed by atoms with E-state index in [4.69, 9.17) is 5.11 Å². The molecule has 4 nitrogen and oxygen atoms in total. The number of carboxylic acids is 1. The van der Waals surface area contributed by atoms with Gasteiger partial charge in [-0.25, -0.2) is 4.79 Å². The van der Waals surface area contributed by atoms with Crippen molar-refractivity contribution < 1.29 is 28.2 Å². The first-order chi connectivity index (χ1) is 7.44. The molecule has 16 heavy (non-hydrogen) atoms. The zero-order valence-electron chi connectivity index (χ0n) is 7.99. The summed E-state index contributed by atoms with van der Waals surface area (Å²) in [7, 11) is 0. The number of carboxylic acid groups (broad SMARTS) is 1. The van der Waals surface area contributed by atoms with Crippen molar-refractivity contribution in [3.8, 4) is 11.5 Å². The van der Waals surface area contributed by atoms with Crippen LogP contribution >= 0.6 is 11.8 Å². The number of thioether (sulfide) groups is 1. The minimum Gasteiger partial charge on any atom is -0.478 e. The lowest BCUT2D eigenvalue weighted by molar-refractivity contribution is -0.287. The van der Waals surface area contributed by atoms with Gasteiger partial charge in [-0.05, 0) is 18.4 Å². The summed E-state index contributed by atoms with van der Waals surface area (Å²) in [5.41, 5.74) is -0.0902. The van der Waals surface area contributed by atoms with E-state index in [1.807, 2.05) is 0 Å². The summed E-state index contributed by atoms with van der Waals surface area (Å²) in [6.45, 7) is 0. The fraction of sp³-hybridized carbons (Fsp3) is 0.222. The summed E-state index contributed by atoms with van der Waals surface area (Å²) in [5.74, 6) is -1.58. The van der Waals surface area contributed by atoms with Crippen LogP contribution in [0.25, 0.3) is 0 Å². The van der Waals surface area contributed by atoms with E-state index in [9.17, 15) is 13.6 Å². The van der Waals surface area contributed by atoms with Crippen molar-refractivity contribution in [2.24, 2.45) is 0 Å². The van der Waals surface area contributed by atoms with Crippen LogP contribution in [-0.2, 0) is 0 Å². The third-order valence-corrected chi connectivity index (χ3v) is 2.77. The highest BCUT2D eigenvalue weighted by atomic mass is 32.2. The van der Waals surface area contributed by atoms with Gasteiger partial charge >= 0.3 is 12.3 Å². The Kier molecular flexibility index (Phi) is 2.42. The molecule has 0 fully saturated rings. The first-order valence-electron chi connectivity index (χ1n) is 4.15. The zero-order valence-corrected chi connectivity index (χ0v) is 8.81. The fourth-order valence-corrected chi connectivity index (χ4v) is 2.06. The maximum Gasteiger partial charge on any atom is 0.586 e. The summed E-state index contributed by atoms with van der Waals surface area (Å²) in [5, 5.41) is 8.86. The maximum absolute atomic E-state index is 12.8. The summed E-state index contributed by atoms with van der Waals surface area (Å²) in [6.07, 6.45) is -2.16. The van der Waals surface area contributed by atoms with Gasteiger partial charge in [-0.1, -0.05) is 0 Å². The molecular weight excluding hydrogens is 242 g/mol. The van der Waals surface area contributed by atoms with Gasteiger partial charge in [-0.3, -0.25) is 0 Å². The summed E-state index contributed by atoms with van der Waals surface area (Å²) < 4.78 is 34.0. The second-order valence-electron chi connectivity index (χ2n) is 2.95. The molecule has 0 aliphatic carbocycles. The van der Waals surface area contributed by atoms with Gasteiger partial charge < -0.3 is 14.6 Å². The number of carbonyl (C=O) groups is 1. The topological polar surface area (TPSA) is 55.8 Å². The molecule has 0 bridgehead atoms. The molecule has 0 spiro atoms. The second-order valence-corrected chi connectivity index (χ2v) is 3.76. The Morgan fingerprint density at radius 1 is 1.44 bits per heavy atom. The SMILES string of the molecule is CSc1c(C(=O)O)ccc2c1OC(F)(F)O2. The molecule has 0 amide bonds. The van der Waals surface area contributed by atoms with Crippen LogP contribution in [-0.4, -0.2) is 23.6 Å². The lowest BCUT2D eigenvalue weighted by Crippen LogP contribution is -2.26. The smallest absolute Gasteiger partial charge is 0.478 e. The van der Waals surface area contributed by atoms with Gasteiger partial charge in [0, 0.05) is 0 Å². The van der Waals surface area contributed by atoms with Crippen molar-refractivity contribution >= 4 is 17.7 Å². The highest BCUT2D eigenvalue weighted by molar-refractivity contribution is 7.98. The molecule has 7 heteroatoms. The van der Waals surface area contributed by atoms with Gasteiger partial charge in [-0.15, -0.1) is 20.5 Å². The Hall–Kier alpha value is -1.50.